The van der Waals surface area contributed by atoms with E-state index in [1.807, 2.05) is 0 Å². The fourth-order valence-electron chi connectivity index (χ4n) is 2.30. The molecule has 2 aromatic rings. The molecule has 0 aliphatic carbocycles. The third-order valence-corrected chi connectivity index (χ3v) is 4.17. The second-order valence-corrected chi connectivity index (χ2v) is 6.40. The lowest BCUT2D eigenvalue weighted by molar-refractivity contribution is -0.139. The smallest absolute Gasteiger partial charge is 0.407 e. The van der Waals surface area contributed by atoms with Gasteiger partial charge in [0.1, 0.15) is 6.04 Å². The highest BCUT2D eigenvalue weighted by Crippen LogP contribution is 2.24. The molecule has 10 heteroatoms. The summed E-state index contributed by atoms with van der Waals surface area (Å²) >= 11 is 11.9. The summed E-state index contributed by atoms with van der Waals surface area (Å²) < 4.78 is 4.70. The van der Waals surface area contributed by atoms with Crippen LogP contribution < -0.4 is 10.6 Å². The molecule has 8 nitrogen and oxygen atoms in total. The standard InChI is InChI=1S/C18H17Cl2N3O5/c1-2-28-18(27)23-14(17(25)26)7-10-3-5-11(6-4-10)22-16(24)15-12(19)8-21-9-13(15)20/h3-6,8-9,14H,2,7H2,1H3,(H,22,24)(H,23,27)(H,25,26)/t14-/m0/s1. The number of aliphatic carboxylic acids is 1. The van der Waals surface area contributed by atoms with Crippen LogP contribution in [0.25, 0.3) is 0 Å². The number of carboxylic acid groups (broad SMARTS) is 1. The van der Waals surface area contributed by atoms with E-state index in [1.165, 1.54) is 12.4 Å². The number of rotatable bonds is 7. The maximum absolute atomic E-state index is 12.3. The van der Waals surface area contributed by atoms with Crippen molar-refractivity contribution in [2.24, 2.45) is 0 Å². The molecule has 0 aliphatic rings. The topological polar surface area (TPSA) is 118 Å². The first-order valence-corrected chi connectivity index (χ1v) is 8.92. The molecule has 0 aliphatic heterocycles. The minimum atomic E-state index is -1.19. The highest BCUT2D eigenvalue weighted by atomic mass is 35.5. The van der Waals surface area contributed by atoms with Crippen molar-refractivity contribution in [1.82, 2.24) is 10.3 Å². The van der Waals surface area contributed by atoms with E-state index in [0.29, 0.717) is 11.3 Å². The number of anilines is 1. The van der Waals surface area contributed by atoms with Gasteiger partial charge >= 0.3 is 12.1 Å². The van der Waals surface area contributed by atoms with E-state index in [4.69, 9.17) is 27.9 Å². The Bertz CT molecular complexity index is 854. The van der Waals surface area contributed by atoms with Gasteiger partial charge in [0.05, 0.1) is 22.2 Å². The maximum atomic E-state index is 12.3. The second kappa shape index (κ2) is 9.91. The molecule has 28 heavy (non-hydrogen) atoms. The highest BCUT2D eigenvalue weighted by molar-refractivity contribution is 6.40. The second-order valence-electron chi connectivity index (χ2n) is 5.59. The number of alkyl carbamates (subject to hydrolysis) is 1. The van der Waals surface area contributed by atoms with E-state index in [0.717, 1.165) is 0 Å². The Kier molecular flexibility index (Phi) is 7.60. The Morgan fingerprint density at radius 3 is 2.29 bits per heavy atom. The van der Waals surface area contributed by atoms with Crippen molar-refractivity contribution in [1.29, 1.82) is 0 Å². The van der Waals surface area contributed by atoms with Gasteiger partial charge in [-0.25, -0.2) is 9.59 Å². The molecule has 1 aromatic heterocycles. The molecule has 2 amide bonds. The van der Waals surface area contributed by atoms with Crippen LogP contribution in [-0.4, -0.2) is 40.7 Å². The van der Waals surface area contributed by atoms with Gasteiger partial charge in [-0.2, -0.15) is 0 Å². The molecule has 0 radical (unpaired) electrons. The van der Waals surface area contributed by atoms with Gasteiger partial charge in [0.15, 0.2) is 0 Å². The predicted molar refractivity (Wildman–Crippen MR) is 104 cm³/mol. The largest absolute Gasteiger partial charge is 0.480 e. The molecule has 0 saturated heterocycles. The van der Waals surface area contributed by atoms with Gasteiger partial charge in [0.25, 0.3) is 5.91 Å². The van der Waals surface area contributed by atoms with Gasteiger partial charge in [-0.05, 0) is 24.6 Å². The number of halogens is 2. The summed E-state index contributed by atoms with van der Waals surface area (Å²) in [5.74, 6) is -1.69. The fraction of sp³-hybridized carbons (Fsp3) is 0.222. The molecule has 1 aromatic carbocycles. The van der Waals surface area contributed by atoms with Crippen LogP contribution in [0.4, 0.5) is 10.5 Å². The van der Waals surface area contributed by atoms with Gasteiger partial charge < -0.3 is 20.5 Å². The van der Waals surface area contributed by atoms with Crippen LogP contribution in [0.5, 0.6) is 0 Å². The lowest BCUT2D eigenvalue weighted by Gasteiger charge is -2.14. The average molecular weight is 426 g/mol. The number of aromatic nitrogens is 1. The van der Waals surface area contributed by atoms with E-state index < -0.39 is 24.0 Å². The number of hydrogen-bond donors (Lipinski definition) is 3. The number of carbonyl (C=O) groups is 3. The summed E-state index contributed by atoms with van der Waals surface area (Å²) in [5.41, 5.74) is 1.21. The highest BCUT2D eigenvalue weighted by Gasteiger charge is 2.21. The zero-order chi connectivity index (χ0) is 20.7. The van der Waals surface area contributed by atoms with E-state index in [9.17, 15) is 19.5 Å². The van der Waals surface area contributed by atoms with Gasteiger partial charge in [-0.3, -0.25) is 9.78 Å². The summed E-state index contributed by atoms with van der Waals surface area (Å²) in [6.45, 7) is 1.76. The molecule has 148 valence electrons. The van der Waals surface area contributed by atoms with Crippen molar-refractivity contribution in [2.45, 2.75) is 19.4 Å². The van der Waals surface area contributed by atoms with Crippen LogP contribution in [0, 0.1) is 0 Å². The maximum Gasteiger partial charge on any atom is 0.407 e. The number of nitrogens with zero attached hydrogens (tertiary/aromatic N) is 1. The van der Waals surface area contributed by atoms with E-state index in [-0.39, 0.29) is 28.6 Å². The summed E-state index contributed by atoms with van der Waals surface area (Å²) in [6.07, 6.45) is 1.87. The van der Waals surface area contributed by atoms with Gasteiger partial charge in [-0.15, -0.1) is 0 Å². The summed E-state index contributed by atoms with van der Waals surface area (Å²) in [4.78, 5) is 38.9. The molecule has 3 N–H and O–H groups in total. The SMILES string of the molecule is CCOC(=O)N[C@@H](Cc1ccc(NC(=O)c2c(Cl)cncc2Cl)cc1)C(=O)O. The number of ether oxygens (including phenoxy) is 1. The minimum absolute atomic E-state index is 0.0460. The molecule has 1 heterocycles. The third kappa shape index (κ3) is 5.83. The normalized spacial score (nSPS) is 11.4. The Hall–Kier alpha value is -2.84. The summed E-state index contributed by atoms with van der Waals surface area (Å²) in [6, 6.07) is 5.32. The molecular weight excluding hydrogens is 409 g/mol. The van der Waals surface area contributed by atoms with Crippen molar-refractivity contribution in [3.05, 3.63) is 57.8 Å². The van der Waals surface area contributed by atoms with Crippen LogP contribution in [0.3, 0.4) is 0 Å². The molecule has 0 bridgehead atoms. The Labute approximate surface area is 170 Å². The van der Waals surface area contributed by atoms with E-state index in [2.05, 4.69) is 15.6 Å². The molecule has 0 unspecified atom stereocenters. The molecular formula is C18H17Cl2N3O5. The molecule has 0 spiro atoms. The number of amides is 2. The van der Waals surface area contributed by atoms with Crippen LogP contribution in [0.1, 0.15) is 22.8 Å². The summed E-state index contributed by atoms with van der Waals surface area (Å²) in [7, 11) is 0. The number of pyridine rings is 1. The molecule has 0 fully saturated rings. The zero-order valence-electron chi connectivity index (χ0n) is 14.7. The first kappa shape index (κ1) is 21.5. The monoisotopic (exact) mass is 425 g/mol. The third-order valence-electron chi connectivity index (χ3n) is 3.60. The predicted octanol–water partition coefficient (Wildman–Crippen LogP) is 3.38. The van der Waals surface area contributed by atoms with Crippen LogP contribution >= 0.6 is 23.2 Å². The Morgan fingerprint density at radius 1 is 1.14 bits per heavy atom. The van der Waals surface area contributed by atoms with Crippen LogP contribution in [-0.2, 0) is 16.0 Å². The van der Waals surface area contributed by atoms with Gasteiger partial charge in [0.2, 0.25) is 0 Å². The Morgan fingerprint density at radius 2 is 1.75 bits per heavy atom. The van der Waals surface area contributed by atoms with Gasteiger partial charge in [-0.1, -0.05) is 35.3 Å². The number of carbonyl (C=O) groups excluding carboxylic acids is 2. The van der Waals surface area contributed by atoms with Gasteiger partial charge in [0, 0.05) is 24.5 Å². The summed E-state index contributed by atoms with van der Waals surface area (Å²) in [5, 5.41) is 14.4. The molecule has 2 rings (SSSR count). The lowest BCUT2D eigenvalue weighted by Crippen LogP contribution is -2.42. The van der Waals surface area contributed by atoms with Crippen LogP contribution in [0.2, 0.25) is 10.0 Å². The van der Waals surface area contributed by atoms with Crippen LogP contribution in [0.15, 0.2) is 36.7 Å². The number of carboxylic acids is 1. The average Bonchev–Trinajstić information content (AvgIpc) is 2.62. The number of hydrogen-bond acceptors (Lipinski definition) is 5. The van der Waals surface area contributed by atoms with Crippen molar-refractivity contribution >= 4 is 46.9 Å². The van der Waals surface area contributed by atoms with Crippen molar-refractivity contribution in [3.63, 3.8) is 0 Å². The van der Waals surface area contributed by atoms with Crippen molar-refractivity contribution in [2.75, 3.05) is 11.9 Å². The van der Waals surface area contributed by atoms with E-state index >= 15 is 0 Å². The molecule has 0 saturated carbocycles. The van der Waals surface area contributed by atoms with Crippen molar-refractivity contribution in [3.8, 4) is 0 Å². The lowest BCUT2D eigenvalue weighted by atomic mass is 10.1. The first-order chi connectivity index (χ1) is 13.3. The fourth-order valence-corrected chi connectivity index (χ4v) is 2.83. The zero-order valence-corrected chi connectivity index (χ0v) is 16.3. The van der Waals surface area contributed by atoms with Crippen molar-refractivity contribution < 1.29 is 24.2 Å². The number of benzene rings is 1. The first-order valence-electron chi connectivity index (χ1n) is 8.17. The van der Waals surface area contributed by atoms with E-state index in [1.54, 1.807) is 31.2 Å². The Balaban J connectivity index is 2.05. The molecule has 1 atom stereocenters. The quantitative estimate of drug-likeness (QED) is 0.625. The number of nitrogens with one attached hydrogen (secondary N) is 2. The minimum Gasteiger partial charge on any atom is -0.480 e.